The number of primary sulfonamides is 1. The Labute approximate surface area is 114 Å². The van der Waals surface area contributed by atoms with Crippen molar-refractivity contribution >= 4 is 21.7 Å². The van der Waals surface area contributed by atoms with Gasteiger partial charge in [-0.1, -0.05) is 26.0 Å². The largest absolute Gasteiger partial charge is 0.370 e. The molecule has 7 heteroatoms. The Morgan fingerprint density at radius 1 is 1.42 bits per heavy atom. The Hall–Kier alpha value is -1.60. The minimum Gasteiger partial charge on any atom is -0.370 e. The first-order valence-electron chi connectivity index (χ1n) is 5.95. The van der Waals surface area contributed by atoms with Crippen LogP contribution in [0.4, 0.5) is 5.69 Å². The molecule has 6 nitrogen and oxygen atoms in total. The highest BCUT2D eigenvalue weighted by molar-refractivity contribution is 7.89. The fourth-order valence-corrected chi connectivity index (χ4v) is 1.80. The summed E-state index contributed by atoms with van der Waals surface area (Å²) < 4.78 is 21.5. The average Bonchev–Trinajstić information content (AvgIpc) is 2.27. The van der Waals surface area contributed by atoms with Crippen molar-refractivity contribution in [1.29, 1.82) is 0 Å². The molecule has 0 saturated heterocycles. The van der Waals surface area contributed by atoms with Crippen LogP contribution in [0.3, 0.4) is 0 Å². The lowest BCUT2D eigenvalue weighted by atomic mass is 10.0. The van der Waals surface area contributed by atoms with Crippen LogP contribution in [0, 0.1) is 0 Å². The molecule has 1 aromatic carbocycles. The van der Waals surface area contributed by atoms with Gasteiger partial charge < -0.3 is 11.1 Å². The molecule has 0 atom stereocenters. The van der Waals surface area contributed by atoms with Crippen LogP contribution in [0.25, 0.3) is 0 Å². The van der Waals surface area contributed by atoms with Gasteiger partial charge in [0, 0.05) is 5.69 Å². The highest BCUT2D eigenvalue weighted by Gasteiger charge is 2.03. The minimum atomic E-state index is -3.50. The third-order valence-corrected chi connectivity index (χ3v) is 3.24. The highest BCUT2D eigenvalue weighted by Crippen LogP contribution is 2.18. The van der Waals surface area contributed by atoms with Gasteiger partial charge in [0.05, 0.1) is 12.3 Å². The number of rotatable bonds is 5. The summed E-state index contributed by atoms with van der Waals surface area (Å²) in [7, 11) is -3.50. The normalized spacial score (nSPS) is 12.7. The Balaban J connectivity index is 2.63. The molecule has 0 aromatic heterocycles. The molecule has 0 amide bonds. The molecule has 1 aromatic rings. The van der Waals surface area contributed by atoms with Gasteiger partial charge >= 0.3 is 0 Å². The smallest absolute Gasteiger partial charge is 0.210 e. The topological polar surface area (TPSA) is 111 Å². The van der Waals surface area contributed by atoms with Crippen molar-refractivity contribution in [3.05, 3.63) is 29.8 Å². The Morgan fingerprint density at radius 2 is 2.11 bits per heavy atom. The van der Waals surface area contributed by atoms with Gasteiger partial charge in [0.15, 0.2) is 5.96 Å². The van der Waals surface area contributed by atoms with E-state index in [0.29, 0.717) is 5.92 Å². The summed E-state index contributed by atoms with van der Waals surface area (Å²) in [6.45, 7) is 4.24. The van der Waals surface area contributed by atoms with Gasteiger partial charge in [0.1, 0.15) is 0 Å². The minimum absolute atomic E-state index is 0.0432. The number of sulfonamides is 1. The summed E-state index contributed by atoms with van der Waals surface area (Å²) in [6, 6.07) is 7.81. The molecule has 0 unspecified atom stereocenters. The van der Waals surface area contributed by atoms with Gasteiger partial charge in [-0.3, -0.25) is 4.99 Å². The lowest BCUT2D eigenvalue weighted by Gasteiger charge is -2.09. The molecule has 0 heterocycles. The van der Waals surface area contributed by atoms with Crippen LogP contribution in [-0.2, 0) is 10.0 Å². The second-order valence-corrected chi connectivity index (χ2v) is 6.27. The van der Waals surface area contributed by atoms with Gasteiger partial charge in [-0.15, -0.1) is 0 Å². The van der Waals surface area contributed by atoms with Crippen molar-refractivity contribution in [1.82, 2.24) is 0 Å². The lowest BCUT2D eigenvalue weighted by molar-refractivity contribution is 0.597. The van der Waals surface area contributed by atoms with Gasteiger partial charge in [-0.2, -0.15) is 0 Å². The Bertz CT molecular complexity index is 553. The molecule has 0 fully saturated rings. The monoisotopic (exact) mass is 284 g/mol. The van der Waals surface area contributed by atoms with Crippen LogP contribution in [0.2, 0.25) is 0 Å². The number of hydrogen-bond acceptors (Lipinski definition) is 3. The summed E-state index contributed by atoms with van der Waals surface area (Å²) in [4.78, 5) is 3.90. The number of aliphatic imine (C=N–C) groups is 1. The lowest BCUT2D eigenvalue weighted by Crippen LogP contribution is -2.25. The Morgan fingerprint density at radius 3 is 2.68 bits per heavy atom. The zero-order valence-electron chi connectivity index (χ0n) is 11.1. The van der Waals surface area contributed by atoms with Crippen LogP contribution in [0.1, 0.15) is 25.3 Å². The number of nitrogens with one attached hydrogen (secondary N) is 1. The maximum absolute atomic E-state index is 10.7. The molecule has 0 radical (unpaired) electrons. The first-order valence-corrected chi connectivity index (χ1v) is 7.67. The summed E-state index contributed by atoms with van der Waals surface area (Å²) in [5, 5.41) is 7.78. The highest BCUT2D eigenvalue weighted by atomic mass is 32.2. The molecule has 0 spiro atoms. The van der Waals surface area contributed by atoms with E-state index in [2.05, 4.69) is 24.2 Å². The van der Waals surface area contributed by atoms with E-state index >= 15 is 0 Å². The number of nitrogens with zero attached hydrogens (tertiary/aromatic N) is 1. The van der Waals surface area contributed by atoms with E-state index in [9.17, 15) is 8.42 Å². The standard InChI is InChI=1S/C12H20N4O2S/c1-9(2)10-4-3-5-11(8-10)16-12(13)15-6-7-19(14,17)18/h3-5,8-9H,6-7H2,1-2H3,(H3,13,15,16)(H2,14,17,18). The number of guanidine groups is 1. The second-order valence-electron chi connectivity index (χ2n) is 4.54. The molecule has 0 aliphatic carbocycles. The second kappa shape index (κ2) is 6.53. The van der Waals surface area contributed by atoms with Crippen molar-refractivity contribution in [3.63, 3.8) is 0 Å². The molecule has 0 aliphatic heterocycles. The fourth-order valence-electron chi connectivity index (χ4n) is 1.46. The van der Waals surface area contributed by atoms with E-state index in [4.69, 9.17) is 10.9 Å². The summed E-state index contributed by atoms with van der Waals surface area (Å²) >= 11 is 0. The van der Waals surface area contributed by atoms with Crippen molar-refractivity contribution in [2.75, 3.05) is 17.6 Å². The number of hydrogen-bond donors (Lipinski definition) is 3. The van der Waals surface area contributed by atoms with E-state index in [-0.39, 0.29) is 18.3 Å². The molecular weight excluding hydrogens is 264 g/mol. The van der Waals surface area contributed by atoms with Crippen molar-refractivity contribution in [2.45, 2.75) is 19.8 Å². The molecule has 106 valence electrons. The van der Waals surface area contributed by atoms with E-state index in [1.165, 1.54) is 5.56 Å². The summed E-state index contributed by atoms with van der Waals surface area (Å²) in [6.07, 6.45) is 0. The van der Waals surface area contributed by atoms with Gasteiger partial charge in [-0.05, 0) is 23.6 Å². The molecule has 1 rings (SSSR count). The zero-order valence-corrected chi connectivity index (χ0v) is 11.9. The van der Waals surface area contributed by atoms with Crippen LogP contribution in [0.5, 0.6) is 0 Å². The van der Waals surface area contributed by atoms with Crippen LogP contribution < -0.4 is 16.2 Å². The van der Waals surface area contributed by atoms with Gasteiger partial charge in [0.2, 0.25) is 10.0 Å². The average molecular weight is 284 g/mol. The number of anilines is 1. The third-order valence-electron chi connectivity index (χ3n) is 2.48. The first kappa shape index (κ1) is 15.5. The van der Waals surface area contributed by atoms with Crippen molar-refractivity contribution in [3.8, 4) is 0 Å². The van der Waals surface area contributed by atoms with E-state index in [0.717, 1.165) is 5.69 Å². The predicted molar refractivity (Wildman–Crippen MR) is 78.6 cm³/mol. The SMILES string of the molecule is CC(C)c1cccc(NC(N)=NCCS(N)(=O)=O)c1. The molecule has 0 bridgehead atoms. The maximum atomic E-state index is 10.7. The maximum Gasteiger partial charge on any atom is 0.210 e. The fraction of sp³-hybridized carbons (Fsp3) is 0.417. The Kier molecular flexibility index (Phi) is 5.31. The van der Waals surface area contributed by atoms with Crippen molar-refractivity contribution in [2.24, 2.45) is 15.9 Å². The van der Waals surface area contributed by atoms with Crippen molar-refractivity contribution < 1.29 is 8.42 Å². The third kappa shape index (κ3) is 6.21. The van der Waals surface area contributed by atoms with Gasteiger partial charge in [-0.25, -0.2) is 13.6 Å². The quantitative estimate of drug-likeness (QED) is 0.549. The molecular formula is C12H20N4O2S. The van der Waals surface area contributed by atoms with Crippen LogP contribution in [-0.4, -0.2) is 26.7 Å². The predicted octanol–water partition coefficient (Wildman–Crippen LogP) is 0.825. The molecule has 5 N–H and O–H groups in total. The zero-order chi connectivity index (χ0) is 14.5. The molecule has 0 saturated carbocycles. The molecule has 19 heavy (non-hydrogen) atoms. The summed E-state index contributed by atoms with van der Waals surface area (Å²) in [5.41, 5.74) is 7.67. The number of benzene rings is 1. The first-order chi connectivity index (χ1) is 8.78. The summed E-state index contributed by atoms with van der Waals surface area (Å²) in [5.74, 6) is 0.369. The van der Waals surface area contributed by atoms with Crippen LogP contribution in [0.15, 0.2) is 29.3 Å². The van der Waals surface area contributed by atoms with Crippen LogP contribution >= 0.6 is 0 Å². The molecule has 0 aliphatic rings. The van der Waals surface area contributed by atoms with E-state index in [1.54, 1.807) is 0 Å². The van der Waals surface area contributed by atoms with Gasteiger partial charge in [0.25, 0.3) is 0 Å². The van der Waals surface area contributed by atoms with E-state index in [1.807, 2.05) is 24.3 Å². The van der Waals surface area contributed by atoms with E-state index < -0.39 is 10.0 Å². The number of nitrogens with two attached hydrogens (primary N) is 2.